The van der Waals surface area contributed by atoms with Crippen LogP contribution in [-0.4, -0.2) is 26.0 Å². The fraction of sp³-hybridized carbons (Fsp3) is 0.600. The van der Waals surface area contributed by atoms with Crippen molar-refractivity contribution in [2.75, 3.05) is 12.8 Å². The number of nitrogens with one attached hydrogen (secondary N) is 1. The van der Waals surface area contributed by atoms with E-state index in [0.29, 0.717) is 19.0 Å². The van der Waals surface area contributed by atoms with Crippen molar-refractivity contribution in [1.29, 1.82) is 0 Å². The first kappa shape index (κ1) is 16.2. The molecule has 3 nitrogen and oxygen atoms in total. The maximum atomic E-state index is 11.6. The van der Waals surface area contributed by atoms with E-state index in [4.69, 9.17) is 0 Å². The van der Waals surface area contributed by atoms with Gasteiger partial charge in [0.2, 0.25) is 0 Å². The molecule has 0 aliphatic carbocycles. The SMILES string of the molecule is CC(C)c1ccc(CNCC(C)(C)S(C)(=O)=O)cc1. The molecule has 0 fully saturated rings. The van der Waals surface area contributed by atoms with Gasteiger partial charge in [-0.05, 0) is 30.9 Å². The zero-order chi connectivity index (χ0) is 14.7. The van der Waals surface area contributed by atoms with Gasteiger partial charge in [-0.2, -0.15) is 0 Å². The molecule has 0 unspecified atom stereocenters. The molecule has 0 spiro atoms. The number of rotatable bonds is 6. The molecule has 4 heteroatoms. The van der Waals surface area contributed by atoms with E-state index in [-0.39, 0.29) is 0 Å². The van der Waals surface area contributed by atoms with Crippen molar-refractivity contribution < 1.29 is 8.42 Å². The van der Waals surface area contributed by atoms with Gasteiger partial charge < -0.3 is 5.32 Å². The fourth-order valence-electron chi connectivity index (χ4n) is 1.66. The summed E-state index contributed by atoms with van der Waals surface area (Å²) < 4.78 is 22.4. The van der Waals surface area contributed by atoms with Gasteiger partial charge in [0.15, 0.2) is 9.84 Å². The lowest BCUT2D eigenvalue weighted by Crippen LogP contribution is -2.41. The first-order valence-corrected chi connectivity index (χ1v) is 8.52. The molecule has 1 N–H and O–H groups in total. The topological polar surface area (TPSA) is 46.2 Å². The first-order chi connectivity index (χ1) is 8.63. The molecule has 108 valence electrons. The Morgan fingerprint density at radius 2 is 1.68 bits per heavy atom. The molecule has 1 rings (SSSR count). The smallest absolute Gasteiger partial charge is 0.153 e. The molecule has 1 aromatic carbocycles. The Labute approximate surface area is 117 Å². The van der Waals surface area contributed by atoms with Crippen LogP contribution in [0.25, 0.3) is 0 Å². The van der Waals surface area contributed by atoms with Gasteiger partial charge in [0.05, 0.1) is 4.75 Å². The van der Waals surface area contributed by atoms with Crippen LogP contribution in [0.4, 0.5) is 0 Å². The van der Waals surface area contributed by atoms with Crippen LogP contribution in [0, 0.1) is 0 Å². The fourth-order valence-corrected chi connectivity index (χ4v) is 2.02. The second-order valence-corrected chi connectivity index (χ2v) is 8.68. The van der Waals surface area contributed by atoms with Crippen LogP contribution in [0.15, 0.2) is 24.3 Å². The molecule has 0 aliphatic heterocycles. The Morgan fingerprint density at radius 3 is 2.11 bits per heavy atom. The molecule has 1 aromatic rings. The number of hydrogen-bond acceptors (Lipinski definition) is 3. The Bertz CT molecular complexity index is 501. The summed E-state index contributed by atoms with van der Waals surface area (Å²) in [5.74, 6) is 0.533. The van der Waals surface area contributed by atoms with Gasteiger partial charge in [0, 0.05) is 19.3 Å². The molecule has 0 bridgehead atoms. The zero-order valence-electron chi connectivity index (χ0n) is 12.5. The highest BCUT2D eigenvalue weighted by atomic mass is 32.2. The van der Waals surface area contributed by atoms with E-state index < -0.39 is 14.6 Å². The minimum absolute atomic E-state index is 0.456. The van der Waals surface area contributed by atoms with Crippen molar-refractivity contribution in [2.45, 2.75) is 44.9 Å². The van der Waals surface area contributed by atoms with Crippen molar-refractivity contribution in [1.82, 2.24) is 5.32 Å². The highest BCUT2D eigenvalue weighted by Gasteiger charge is 2.29. The Morgan fingerprint density at radius 1 is 1.16 bits per heavy atom. The average Bonchev–Trinajstić information content (AvgIpc) is 2.28. The summed E-state index contributed by atoms with van der Waals surface area (Å²) in [7, 11) is -3.04. The minimum Gasteiger partial charge on any atom is -0.311 e. The Balaban J connectivity index is 2.54. The monoisotopic (exact) mass is 283 g/mol. The third-order valence-corrected chi connectivity index (χ3v) is 5.68. The van der Waals surface area contributed by atoms with Crippen molar-refractivity contribution >= 4 is 9.84 Å². The number of benzene rings is 1. The standard InChI is InChI=1S/C15H25NO2S/c1-12(2)14-8-6-13(7-9-14)10-16-11-15(3,4)19(5,17)18/h6-9,12,16H,10-11H2,1-5H3. The largest absolute Gasteiger partial charge is 0.311 e. The van der Waals surface area contributed by atoms with Gasteiger partial charge in [0.25, 0.3) is 0 Å². The van der Waals surface area contributed by atoms with Crippen LogP contribution in [0.2, 0.25) is 0 Å². The quantitative estimate of drug-likeness (QED) is 0.873. The molecule has 0 aliphatic rings. The third-order valence-electron chi connectivity index (χ3n) is 3.53. The van der Waals surface area contributed by atoms with Crippen molar-refractivity contribution in [3.63, 3.8) is 0 Å². The van der Waals surface area contributed by atoms with Crippen LogP contribution < -0.4 is 5.32 Å². The Kier molecular flexibility index (Phi) is 5.16. The van der Waals surface area contributed by atoms with Gasteiger partial charge in [-0.15, -0.1) is 0 Å². The third kappa shape index (κ3) is 4.62. The maximum absolute atomic E-state index is 11.6. The van der Waals surface area contributed by atoms with E-state index in [1.807, 2.05) is 0 Å². The predicted octanol–water partition coefficient (Wildman–Crippen LogP) is 2.72. The average molecular weight is 283 g/mol. The zero-order valence-corrected chi connectivity index (χ0v) is 13.3. The van der Waals surface area contributed by atoms with Gasteiger partial charge in [-0.25, -0.2) is 8.42 Å². The van der Waals surface area contributed by atoms with Gasteiger partial charge in [-0.1, -0.05) is 38.1 Å². The second kappa shape index (κ2) is 6.06. The minimum atomic E-state index is -3.04. The molecule has 0 amide bonds. The lowest BCUT2D eigenvalue weighted by molar-refractivity contribution is 0.521. The second-order valence-electron chi connectivity index (χ2n) is 6.03. The molecule has 0 atom stereocenters. The molecule has 0 saturated heterocycles. The normalized spacial score (nSPS) is 12.9. The molecule has 0 heterocycles. The van der Waals surface area contributed by atoms with E-state index in [0.717, 1.165) is 0 Å². The lowest BCUT2D eigenvalue weighted by Gasteiger charge is -2.22. The van der Waals surface area contributed by atoms with Gasteiger partial charge in [0.1, 0.15) is 0 Å². The van der Waals surface area contributed by atoms with Gasteiger partial charge >= 0.3 is 0 Å². The highest BCUT2D eigenvalue weighted by molar-refractivity contribution is 7.92. The van der Waals surface area contributed by atoms with Crippen LogP contribution in [-0.2, 0) is 16.4 Å². The van der Waals surface area contributed by atoms with E-state index in [9.17, 15) is 8.42 Å². The first-order valence-electron chi connectivity index (χ1n) is 6.62. The molecule has 0 radical (unpaired) electrons. The molecule has 0 aromatic heterocycles. The van der Waals surface area contributed by atoms with Crippen LogP contribution in [0.1, 0.15) is 44.7 Å². The summed E-state index contributed by atoms with van der Waals surface area (Å²) in [6.07, 6.45) is 1.28. The van der Waals surface area contributed by atoms with Crippen molar-refractivity contribution in [3.05, 3.63) is 35.4 Å². The Hall–Kier alpha value is -0.870. The summed E-state index contributed by atoms with van der Waals surface area (Å²) in [4.78, 5) is 0. The molecular formula is C15H25NO2S. The molecule has 19 heavy (non-hydrogen) atoms. The van der Waals surface area contributed by atoms with E-state index in [1.165, 1.54) is 17.4 Å². The van der Waals surface area contributed by atoms with Crippen molar-refractivity contribution in [3.8, 4) is 0 Å². The summed E-state index contributed by atoms with van der Waals surface area (Å²) in [5.41, 5.74) is 2.49. The summed E-state index contributed by atoms with van der Waals surface area (Å²) in [5, 5.41) is 3.22. The van der Waals surface area contributed by atoms with Crippen molar-refractivity contribution in [2.24, 2.45) is 0 Å². The number of hydrogen-bond donors (Lipinski definition) is 1. The summed E-state index contributed by atoms with van der Waals surface area (Å²) in [6, 6.07) is 8.44. The lowest BCUT2D eigenvalue weighted by atomic mass is 10.0. The maximum Gasteiger partial charge on any atom is 0.153 e. The number of sulfone groups is 1. The van der Waals surface area contributed by atoms with E-state index in [1.54, 1.807) is 13.8 Å². The van der Waals surface area contributed by atoms with E-state index >= 15 is 0 Å². The van der Waals surface area contributed by atoms with Gasteiger partial charge in [-0.3, -0.25) is 0 Å². The van der Waals surface area contributed by atoms with Crippen LogP contribution in [0.5, 0.6) is 0 Å². The van der Waals surface area contributed by atoms with Crippen LogP contribution >= 0.6 is 0 Å². The summed E-state index contributed by atoms with van der Waals surface area (Å²) >= 11 is 0. The summed E-state index contributed by atoms with van der Waals surface area (Å²) in [6.45, 7) is 8.98. The molecular weight excluding hydrogens is 258 g/mol. The molecule has 0 saturated carbocycles. The predicted molar refractivity (Wildman–Crippen MR) is 81.2 cm³/mol. The highest BCUT2D eigenvalue weighted by Crippen LogP contribution is 2.16. The van der Waals surface area contributed by atoms with Crippen LogP contribution in [0.3, 0.4) is 0 Å². The van der Waals surface area contributed by atoms with E-state index in [2.05, 4.69) is 43.4 Å².